The van der Waals surface area contributed by atoms with Crippen molar-refractivity contribution >= 4 is 17.7 Å². The number of hydrogen-bond donors (Lipinski definition) is 29. The molecule has 1 unspecified atom stereocenters. The largest absolute Gasteiger partial charge is 0.394 e. The number of nitrogens with one attached hydrogen (secondary N) is 3. The van der Waals surface area contributed by atoms with Crippen LogP contribution in [0.4, 0.5) is 0 Å². The van der Waals surface area contributed by atoms with Crippen LogP contribution in [0.3, 0.4) is 0 Å². The Kier molecular flexibility index (Phi) is 32.1. The van der Waals surface area contributed by atoms with Gasteiger partial charge in [-0.15, -0.1) is 0 Å². The summed E-state index contributed by atoms with van der Waals surface area (Å²) in [5, 5.41) is 292. The summed E-state index contributed by atoms with van der Waals surface area (Å²) in [4.78, 5) is 38.5. The minimum atomic E-state index is -2.49. The topological polar surface area (TPSA) is 770 Å². The van der Waals surface area contributed by atoms with Crippen LogP contribution in [0.1, 0.15) is 20.8 Å². The lowest BCUT2D eigenvalue weighted by molar-refractivity contribution is -0.401. The third-order valence-corrected chi connectivity index (χ3v) is 20.0. The maximum atomic E-state index is 13.0. The monoisotopic (exact) mass is 1600 g/mol. The summed E-state index contributed by atoms with van der Waals surface area (Å²) in [5.41, 5.74) is 0. The highest BCUT2D eigenvalue weighted by molar-refractivity contribution is 5.74. The van der Waals surface area contributed by atoms with Gasteiger partial charge >= 0.3 is 0 Å². The van der Waals surface area contributed by atoms with E-state index in [1.54, 1.807) is 0 Å². The first-order valence-corrected chi connectivity index (χ1v) is 34.6. The molecule has 9 heterocycles. The zero-order valence-electron chi connectivity index (χ0n) is 58.1. The van der Waals surface area contributed by atoms with Gasteiger partial charge in [0, 0.05) is 20.8 Å². The standard InChI is InChI=1S/C60H101N3O46/c1-13(72)61-25-32(79)45(105-57-39(86)35(82)28(75)16(4-64)95-57)19(7-67)98-53(25)103-48-22(10-70)101-56(42(89)38(48)85)93-12-24-31(78)50(44(91)52(92)94-24)108-60-51(109-55-27(63-15(3)74)34(81)47(21(9-69)100-55)107-59-41(88)37(84)30(77)18(6-66)97-59)43(90)49(23(11-71)102-60)104-54-26(62-14(2)73)33(80)46(20(8-68)99-54)106-58-40(87)36(83)29(76)17(5-65)96-58/h16-60,64-71,75-92H,4-12H2,1-3H3,(H,61,72)(H,62,73)(H,63,74)/t16-,17-,18-,19-,20-,21-,22-,23-,24-,25-,26-,27-,28+,29+,30+,31-,32-,33-,34-,35+,36+,37+,38-,39-,40-,41+,42+,43+,44+,45-,46-,47-,48-,49-,50+,51+,52?,53+,54+,55+,56+,57+,58+,59+,60-/m1/s1. The van der Waals surface area contributed by atoms with Crippen LogP contribution in [0.5, 0.6) is 0 Å². The first kappa shape index (κ1) is 89.6. The third-order valence-electron chi connectivity index (χ3n) is 20.0. The third kappa shape index (κ3) is 19.5. The average Bonchev–Trinajstić information content (AvgIpc) is 0.746. The molecule has 0 aliphatic carbocycles. The van der Waals surface area contributed by atoms with Gasteiger partial charge in [0.05, 0.1) is 59.5 Å². The van der Waals surface area contributed by atoms with E-state index in [0.717, 1.165) is 20.8 Å². The normalized spacial score (nSPS) is 50.0. The molecule has 45 atom stereocenters. The van der Waals surface area contributed by atoms with Gasteiger partial charge in [0.25, 0.3) is 0 Å². The van der Waals surface area contributed by atoms with Crippen LogP contribution >= 0.6 is 0 Å². The van der Waals surface area contributed by atoms with Gasteiger partial charge in [-0.05, 0) is 0 Å². The summed E-state index contributed by atoms with van der Waals surface area (Å²) < 4.78 is 99.1. The van der Waals surface area contributed by atoms with Gasteiger partial charge < -0.3 is 229 Å². The van der Waals surface area contributed by atoms with Crippen LogP contribution in [0.25, 0.3) is 0 Å². The second-order valence-corrected chi connectivity index (χ2v) is 27.4. The van der Waals surface area contributed by atoms with Crippen molar-refractivity contribution in [2.45, 2.75) is 297 Å². The molecule has 0 saturated carbocycles. The second kappa shape index (κ2) is 39.1. The second-order valence-electron chi connectivity index (χ2n) is 27.4. The van der Waals surface area contributed by atoms with E-state index < -0.39 is 353 Å². The molecule has 9 rings (SSSR count). The van der Waals surface area contributed by atoms with E-state index in [2.05, 4.69) is 16.0 Å². The predicted octanol–water partition coefficient (Wildman–Crippen LogP) is -20.2. The number of hydrogen-bond acceptors (Lipinski definition) is 46. The molecular weight excluding hydrogens is 1500 g/mol. The summed E-state index contributed by atoms with van der Waals surface area (Å²) in [6.07, 6.45) is -85.5. The Morgan fingerprint density at radius 1 is 0.239 bits per heavy atom. The lowest BCUT2D eigenvalue weighted by Crippen LogP contribution is -2.71. The minimum Gasteiger partial charge on any atom is -0.394 e. The molecule has 0 aromatic rings. The first-order chi connectivity index (χ1) is 51.6. The number of amides is 3. The molecule has 9 aliphatic rings. The van der Waals surface area contributed by atoms with Crippen LogP contribution in [-0.4, -0.2) is 486 Å². The van der Waals surface area contributed by atoms with Gasteiger partial charge in [-0.1, -0.05) is 0 Å². The maximum absolute atomic E-state index is 13.0. The Balaban J connectivity index is 0.963. The molecule has 0 aromatic carbocycles. The van der Waals surface area contributed by atoms with Crippen LogP contribution in [0.2, 0.25) is 0 Å². The molecule has 9 fully saturated rings. The highest BCUT2D eigenvalue weighted by Crippen LogP contribution is 2.40. The van der Waals surface area contributed by atoms with E-state index in [4.69, 9.17) is 80.5 Å². The van der Waals surface area contributed by atoms with Crippen LogP contribution in [0, 0.1) is 0 Å². The number of carbonyl (C=O) groups is 3. The molecule has 0 radical (unpaired) electrons. The van der Waals surface area contributed by atoms with E-state index in [1.165, 1.54) is 0 Å². The van der Waals surface area contributed by atoms with Gasteiger partial charge in [0.1, 0.15) is 220 Å². The molecule has 49 heteroatoms. The smallest absolute Gasteiger partial charge is 0.217 e. The molecule has 9 aliphatic heterocycles. The Morgan fingerprint density at radius 2 is 0.495 bits per heavy atom. The van der Waals surface area contributed by atoms with Crippen molar-refractivity contribution < 1.29 is 228 Å². The fourth-order valence-electron chi connectivity index (χ4n) is 14.1. The van der Waals surface area contributed by atoms with Gasteiger partial charge in [-0.2, -0.15) is 0 Å². The quantitative estimate of drug-likeness (QED) is 0.0346. The number of aliphatic hydroxyl groups excluding tert-OH is 26. The zero-order chi connectivity index (χ0) is 80.2. The highest BCUT2D eigenvalue weighted by Gasteiger charge is 2.61. The summed E-state index contributed by atoms with van der Waals surface area (Å²) >= 11 is 0. The molecule has 632 valence electrons. The molecule has 0 aromatic heterocycles. The number of carbonyl (C=O) groups excluding carboxylic acids is 3. The maximum Gasteiger partial charge on any atom is 0.217 e. The Hall–Kier alpha value is -3.31. The molecule has 3 amide bonds. The number of rotatable bonds is 28. The molecule has 0 bridgehead atoms. The molecule has 9 saturated heterocycles. The summed E-state index contributed by atoms with van der Waals surface area (Å²) in [6.45, 7) is -6.67. The average molecular weight is 1600 g/mol. The van der Waals surface area contributed by atoms with Crippen LogP contribution in [-0.2, 0) is 94.9 Å². The van der Waals surface area contributed by atoms with Crippen molar-refractivity contribution in [3.8, 4) is 0 Å². The zero-order valence-corrected chi connectivity index (χ0v) is 58.1. The van der Waals surface area contributed by atoms with Crippen LogP contribution < -0.4 is 16.0 Å². The van der Waals surface area contributed by atoms with Crippen molar-refractivity contribution in [2.75, 3.05) is 59.5 Å². The lowest BCUT2D eigenvalue weighted by atomic mass is 9.93. The van der Waals surface area contributed by atoms with E-state index in [0.29, 0.717) is 0 Å². The first-order valence-electron chi connectivity index (χ1n) is 34.6. The number of ether oxygens (including phenoxy) is 17. The summed E-state index contributed by atoms with van der Waals surface area (Å²) in [6, 6.07) is -5.66. The Morgan fingerprint density at radius 3 is 0.817 bits per heavy atom. The number of aliphatic hydroxyl groups is 26. The van der Waals surface area contributed by atoms with E-state index in [-0.39, 0.29) is 0 Å². The Bertz CT molecular complexity index is 2840. The molecule has 49 nitrogen and oxygen atoms in total. The van der Waals surface area contributed by atoms with Crippen molar-refractivity contribution in [3.63, 3.8) is 0 Å². The van der Waals surface area contributed by atoms with Crippen molar-refractivity contribution in [3.05, 3.63) is 0 Å². The lowest BCUT2D eigenvalue weighted by Gasteiger charge is -2.52. The molecule has 0 spiro atoms. The SMILES string of the molecule is CC(=O)N[C@H]1[C@H](O[C@@H]2[C@@H](O[C@H]3[C@H](O)[C@@H](CO[C@H]4O[C@H](CO)[C@@H](O[C@@H]5O[C@H](CO)[C@@H](O[C@@H]6O[C@H](CO)[C@H](O)[C@H](O)[C@H]6O)[C@H](O)[C@H]5NC(C)=O)[C@H](O)[C@@H]4O)OC(O)[C@H]3O)O[C@H](CO)[C@@H](O[C@@H]3O[C@H](CO)[C@@H](O[C@@H]4O[C@H](CO)[C@H](O)[C@H](O)[C@H]4O)[C@H](O)[C@H]3NC(C)=O)[C@@H]2O)O[C@H](CO)[C@@H](O[C@@H]2O[C@H](CO)[C@H](O)[C@H](O)[C@@H]2O)[C@@H]1O. The summed E-state index contributed by atoms with van der Waals surface area (Å²) in [5.74, 6) is -2.77. The van der Waals surface area contributed by atoms with E-state index >= 15 is 0 Å². The fraction of sp³-hybridized carbons (Fsp3) is 0.950. The summed E-state index contributed by atoms with van der Waals surface area (Å²) in [7, 11) is 0. The minimum absolute atomic E-state index is 0.857. The predicted molar refractivity (Wildman–Crippen MR) is 332 cm³/mol. The van der Waals surface area contributed by atoms with Gasteiger partial charge in [-0.3, -0.25) is 14.4 Å². The Labute approximate surface area is 616 Å². The van der Waals surface area contributed by atoms with Crippen LogP contribution in [0.15, 0.2) is 0 Å². The fourth-order valence-corrected chi connectivity index (χ4v) is 14.1. The molecule has 29 N–H and O–H groups in total. The molecular formula is C60H101N3O46. The van der Waals surface area contributed by atoms with E-state index in [1.807, 2.05) is 0 Å². The van der Waals surface area contributed by atoms with Crippen molar-refractivity contribution in [1.29, 1.82) is 0 Å². The highest BCUT2D eigenvalue weighted by atomic mass is 16.8. The van der Waals surface area contributed by atoms with Gasteiger partial charge in [-0.25, -0.2) is 0 Å². The van der Waals surface area contributed by atoms with Gasteiger partial charge in [0.15, 0.2) is 56.6 Å². The van der Waals surface area contributed by atoms with Crippen molar-refractivity contribution in [2.24, 2.45) is 0 Å². The van der Waals surface area contributed by atoms with E-state index in [9.17, 15) is 147 Å². The van der Waals surface area contributed by atoms with Crippen molar-refractivity contribution in [1.82, 2.24) is 16.0 Å². The van der Waals surface area contributed by atoms with Gasteiger partial charge in [0.2, 0.25) is 17.7 Å². The molecule has 109 heavy (non-hydrogen) atoms.